The Kier molecular flexibility index (Phi) is 9.69. The molecule has 0 aromatic heterocycles. The zero-order chi connectivity index (χ0) is 12.1. The van der Waals surface area contributed by atoms with Gasteiger partial charge in [-0.2, -0.15) is 0 Å². The van der Waals surface area contributed by atoms with Crippen LogP contribution in [0.2, 0.25) is 0 Å². The van der Waals surface area contributed by atoms with E-state index in [-0.39, 0.29) is 64.7 Å². The summed E-state index contributed by atoms with van der Waals surface area (Å²) in [5, 5.41) is 2.65. The number of hydrogen-bond donors (Lipinski definition) is 2. The molecule has 0 aliphatic carbocycles. The molecule has 0 spiro atoms. The van der Waals surface area contributed by atoms with Gasteiger partial charge in [-0.15, -0.1) is 0 Å². The van der Waals surface area contributed by atoms with Gasteiger partial charge < -0.3 is 17.6 Å². The summed E-state index contributed by atoms with van der Waals surface area (Å²) in [6, 6.07) is 0. The van der Waals surface area contributed by atoms with E-state index < -0.39 is 7.60 Å². The fourth-order valence-corrected chi connectivity index (χ4v) is 1.52. The van der Waals surface area contributed by atoms with E-state index in [1.165, 1.54) is 6.92 Å². The predicted molar refractivity (Wildman–Crippen MR) is 66.8 cm³/mol. The molecule has 7 heteroatoms. The van der Waals surface area contributed by atoms with Crippen LogP contribution >= 0.6 is 7.60 Å². The molecule has 0 aliphatic rings. The molecule has 0 radical (unpaired) electrons. The molecule has 1 unspecified atom stereocenters. The molecule has 1 amide bonds. The van der Waals surface area contributed by atoms with Crippen molar-refractivity contribution in [3.63, 3.8) is 0 Å². The summed E-state index contributed by atoms with van der Waals surface area (Å²) in [5.41, 5.74) is -0.348. The topological polar surface area (TPSA) is 75.6 Å². The summed E-state index contributed by atoms with van der Waals surface area (Å²) in [5.74, 6) is -0.120. The second kappa shape index (κ2) is 8.06. The van der Waals surface area contributed by atoms with Crippen LogP contribution in [-0.2, 0) is 13.9 Å². The molecule has 2 N–H and O–H groups in total. The third kappa shape index (κ3) is 10.1. The van der Waals surface area contributed by atoms with Crippen LogP contribution in [0.25, 0.3) is 0 Å². The minimum absolute atomic E-state index is 0. The van der Waals surface area contributed by atoms with Gasteiger partial charge in [-0.05, 0) is 0 Å². The van der Waals surface area contributed by atoms with Gasteiger partial charge in [-0.3, -0.25) is 9.36 Å². The van der Waals surface area contributed by atoms with Crippen molar-refractivity contribution >= 4 is 51.2 Å². The molecule has 0 aromatic rings. The van der Waals surface area contributed by atoms with Crippen LogP contribution in [0.15, 0.2) is 0 Å². The Hall–Kier alpha value is 0.880. The average molecular weight is 279 g/mol. The van der Waals surface area contributed by atoms with Crippen LogP contribution in [0.3, 0.4) is 0 Å². The zero-order valence-corrected chi connectivity index (χ0v) is 13.6. The van der Waals surface area contributed by atoms with Gasteiger partial charge in [0.05, 0.1) is 6.61 Å². The molecule has 0 heterocycles. The number of carbonyl (C=O) groups excluding carboxylic acids is 1. The van der Waals surface area contributed by atoms with E-state index >= 15 is 0 Å². The van der Waals surface area contributed by atoms with Crippen LogP contribution in [0.1, 0.15) is 30.5 Å². The fraction of sp³-hybridized carbons (Fsp3) is 0.889. The summed E-state index contributed by atoms with van der Waals surface area (Å²) >= 11 is 0. The normalized spacial score (nSPS) is 14.8. The standard InChI is InChI=1S/C9H20NO4P.Ca.2H/c1-5-15(12,13)14-7-9(3,4)6-10-8(2)11;;;/h5-7H2,1-4H3,(H,10,11)(H,12,13);;;/q;+2;2*-1. The Morgan fingerprint density at radius 3 is 2.44 bits per heavy atom. The van der Waals surface area contributed by atoms with Gasteiger partial charge >= 0.3 is 45.3 Å². The molecule has 94 valence electrons. The van der Waals surface area contributed by atoms with Crippen molar-refractivity contribution in [2.24, 2.45) is 5.41 Å². The molecular formula is C9H22CaNO4P. The van der Waals surface area contributed by atoms with Crippen LogP contribution in [0.5, 0.6) is 0 Å². The maximum atomic E-state index is 11.2. The Bertz CT molecular complexity index is 279. The monoisotopic (exact) mass is 279 g/mol. The molecule has 0 saturated carbocycles. The largest absolute Gasteiger partial charge is 2.00 e. The van der Waals surface area contributed by atoms with Gasteiger partial charge in [0.15, 0.2) is 0 Å². The minimum atomic E-state index is -3.43. The van der Waals surface area contributed by atoms with Crippen molar-refractivity contribution in [3.8, 4) is 0 Å². The van der Waals surface area contributed by atoms with Crippen molar-refractivity contribution in [3.05, 3.63) is 0 Å². The summed E-state index contributed by atoms with van der Waals surface area (Å²) in [7, 11) is -3.43. The van der Waals surface area contributed by atoms with Gasteiger partial charge in [0.25, 0.3) is 0 Å². The maximum Gasteiger partial charge on any atom is 2.00 e. The van der Waals surface area contributed by atoms with E-state index in [2.05, 4.69) is 5.32 Å². The first-order valence-corrected chi connectivity index (χ1v) is 6.65. The van der Waals surface area contributed by atoms with E-state index in [0.29, 0.717) is 6.54 Å². The van der Waals surface area contributed by atoms with Crippen LogP contribution in [-0.4, -0.2) is 67.9 Å². The zero-order valence-electron chi connectivity index (χ0n) is 12.4. The smallest absolute Gasteiger partial charge is 1.00 e. The van der Waals surface area contributed by atoms with Crippen molar-refractivity contribution in [2.45, 2.75) is 27.7 Å². The van der Waals surface area contributed by atoms with Gasteiger partial charge in [0, 0.05) is 25.0 Å². The van der Waals surface area contributed by atoms with E-state index in [1.54, 1.807) is 6.92 Å². The van der Waals surface area contributed by atoms with Gasteiger partial charge in [-0.1, -0.05) is 20.8 Å². The van der Waals surface area contributed by atoms with E-state index in [9.17, 15) is 14.3 Å². The molecule has 0 bridgehead atoms. The van der Waals surface area contributed by atoms with E-state index in [1.807, 2.05) is 13.8 Å². The Morgan fingerprint density at radius 2 is 2.06 bits per heavy atom. The Labute approximate surface area is 130 Å². The summed E-state index contributed by atoms with van der Waals surface area (Å²) < 4.78 is 16.1. The van der Waals surface area contributed by atoms with E-state index in [4.69, 9.17) is 4.52 Å². The number of nitrogens with one attached hydrogen (secondary N) is 1. The van der Waals surface area contributed by atoms with Gasteiger partial charge in [0.2, 0.25) is 5.91 Å². The number of rotatable bonds is 6. The molecular weight excluding hydrogens is 257 g/mol. The predicted octanol–water partition coefficient (Wildman–Crippen LogP) is 1.21. The summed E-state index contributed by atoms with van der Waals surface area (Å²) in [6.45, 7) is 7.32. The van der Waals surface area contributed by atoms with Crippen molar-refractivity contribution in [1.29, 1.82) is 0 Å². The molecule has 5 nitrogen and oxygen atoms in total. The van der Waals surface area contributed by atoms with Crippen LogP contribution in [0, 0.1) is 5.41 Å². The Balaban J connectivity index is -0.000000327. The van der Waals surface area contributed by atoms with E-state index in [0.717, 1.165) is 0 Å². The minimum Gasteiger partial charge on any atom is -1.00 e. The average Bonchev–Trinajstić information content (AvgIpc) is 2.13. The third-order valence-corrected chi connectivity index (χ3v) is 3.20. The quantitative estimate of drug-likeness (QED) is 0.566. The molecule has 0 fully saturated rings. The maximum absolute atomic E-state index is 11.2. The number of amides is 1. The van der Waals surface area contributed by atoms with Crippen molar-refractivity contribution in [2.75, 3.05) is 19.3 Å². The molecule has 0 aliphatic heterocycles. The van der Waals surface area contributed by atoms with Crippen LogP contribution < -0.4 is 5.32 Å². The van der Waals surface area contributed by atoms with Gasteiger partial charge in [0.1, 0.15) is 0 Å². The second-order valence-electron chi connectivity index (χ2n) is 4.30. The third-order valence-electron chi connectivity index (χ3n) is 1.87. The van der Waals surface area contributed by atoms with Crippen molar-refractivity contribution in [1.82, 2.24) is 5.32 Å². The Morgan fingerprint density at radius 1 is 1.56 bits per heavy atom. The molecule has 1 atom stereocenters. The molecule has 0 saturated heterocycles. The van der Waals surface area contributed by atoms with Gasteiger partial charge in [-0.25, -0.2) is 0 Å². The van der Waals surface area contributed by atoms with Crippen molar-refractivity contribution < 1.29 is 21.6 Å². The first kappa shape index (κ1) is 19.2. The summed E-state index contributed by atoms with van der Waals surface area (Å²) in [6.07, 6.45) is 0.100. The second-order valence-corrected chi connectivity index (χ2v) is 6.47. The number of hydrogen-bond acceptors (Lipinski definition) is 3. The van der Waals surface area contributed by atoms with Crippen LogP contribution in [0.4, 0.5) is 0 Å². The molecule has 0 aromatic carbocycles. The number of carbonyl (C=O) groups is 1. The molecule has 0 rings (SSSR count). The fourth-order valence-electron chi connectivity index (χ4n) is 0.782. The molecule has 16 heavy (non-hydrogen) atoms. The first-order valence-electron chi connectivity index (χ1n) is 4.89. The summed E-state index contributed by atoms with van der Waals surface area (Å²) in [4.78, 5) is 19.9. The SMILES string of the molecule is CCP(=O)(O)OCC(C)(C)CNC(C)=O.[Ca+2].[H-].[H-]. The first-order chi connectivity index (χ1) is 6.68.